The molecule has 8 heteroatoms. The van der Waals surface area contributed by atoms with Crippen molar-refractivity contribution in [3.8, 4) is 0 Å². The van der Waals surface area contributed by atoms with E-state index in [0.29, 0.717) is 5.17 Å². The van der Waals surface area contributed by atoms with E-state index >= 15 is 0 Å². The number of nitrogens with zero attached hydrogens (tertiary/aromatic N) is 2. The molecule has 0 spiro atoms. The number of hydrogen-bond donors (Lipinski definition) is 4. The van der Waals surface area contributed by atoms with Gasteiger partial charge < -0.3 is 21.4 Å². The van der Waals surface area contributed by atoms with Crippen LogP contribution in [-0.4, -0.2) is 27.8 Å². The molecule has 0 radical (unpaired) electrons. The number of thioether (sulfide) groups is 1. The summed E-state index contributed by atoms with van der Waals surface area (Å²) in [7, 11) is 0. The van der Waals surface area contributed by atoms with E-state index in [0.717, 1.165) is 33.3 Å². The molecule has 2 aromatic carbocycles. The van der Waals surface area contributed by atoms with Gasteiger partial charge in [0.05, 0.1) is 5.75 Å². The normalized spacial score (nSPS) is 16.1. The van der Waals surface area contributed by atoms with E-state index in [9.17, 15) is 4.79 Å². The van der Waals surface area contributed by atoms with E-state index in [-0.39, 0.29) is 17.6 Å². The number of amidine groups is 1. The molecule has 1 amide bonds. The largest absolute Gasteiger partial charge is 0.370 e. The molecule has 7 nitrogen and oxygen atoms in total. The predicted octanol–water partition coefficient (Wildman–Crippen LogP) is 3.43. The van der Waals surface area contributed by atoms with Crippen molar-refractivity contribution < 1.29 is 4.79 Å². The predicted molar refractivity (Wildman–Crippen MR) is 120 cm³/mol. The van der Waals surface area contributed by atoms with Crippen molar-refractivity contribution >= 4 is 45.4 Å². The Morgan fingerprint density at radius 2 is 2.03 bits per heavy atom. The van der Waals surface area contributed by atoms with Crippen LogP contribution in [0.5, 0.6) is 0 Å². The molecule has 148 valence electrons. The van der Waals surface area contributed by atoms with Gasteiger partial charge in [-0.3, -0.25) is 4.79 Å². The number of guanidine groups is 1. The Hall–Kier alpha value is -3.26. The molecule has 0 fully saturated rings. The molecule has 0 unspecified atom stereocenters. The molecule has 5 N–H and O–H groups in total. The first kappa shape index (κ1) is 19.1. The number of amides is 1. The average molecular weight is 407 g/mol. The first-order valence-corrected chi connectivity index (χ1v) is 10.2. The Morgan fingerprint density at radius 3 is 2.90 bits per heavy atom. The summed E-state index contributed by atoms with van der Waals surface area (Å²) in [4.78, 5) is 24.7. The van der Waals surface area contributed by atoms with Gasteiger partial charge in [0.25, 0.3) is 0 Å². The number of benzene rings is 2. The number of hydrogen-bond acceptors (Lipinski definition) is 6. The average Bonchev–Trinajstić information content (AvgIpc) is 3.13. The van der Waals surface area contributed by atoms with Crippen LogP contribution in [0.2, 0.25) is 0 Å². The zero-order valence-corrected chi connectivity index (χ0v) is 17.0. The highest BCUT2D eigenvalue weighted by molar-refractivity contribution is 8.14. The maximum Gasteiger partial charge on any atom is 0.234 e. The summed E-state index contributed by atoms with van der Waals surface area (Å²) in [6.45, 7) is 3.97. The third kappa shape index (κ3) is 4.27. The number of fused-ring (bicyclic) bond motifs is 1. The van der Waals surface area contributed by atoms with Crippen molar-refractivity contribution in [2.75, 3.05) is 11.1 Å². The van der Waals surface area contributed by atoms with Crippen LogP contribution < -0.4 is 16.4 Å². The number of rotatable bonds is 4. The summed E-state index contributed by atoms with van der Waals surface area (Å²) in [6, 6.07) is 14.0. The second-order valence-corrected chi connectivity index (χ2v) is 7.86. The van der Waals surface area contributed by atoms with Crippen LogP contribution in [0.3, 0.4) is 0 Å². The van der Waals surface area contributed by atoms with E-state index in [1.165, 1.54) is 11.8 Å². The number of aromatic amines is 1. The zero-order valence-electron chi connectivity index (χ0n) is 16.2. The zero-order chi connectivity index (χ0) is 20.4. The topological polar surface area (TPSA) is 108 Å². The highest BCUT2D eigenvalue weighted by Gasteiger charge is 2.20. The van der Waals surface area contributed by atoms with Crippen molar-refractivity contribution in [3.05, 3.63) is 65.4 Å². The van der Waals surface area contributed by atoms with Crippen molar-refractivity contribution in [2.24, 2.45) is 15.7 Å². The molecule has 0 saturated carbocycles. The molecule has 4 rings (SSSR count). The van der Waals surface area contributed by atoms with Gasteiger partial charge >= 0.3 is 0 Å². The quantitative estimate of drug-likeness (QED) is 0.532. The van der Waals surface area contributed by atoms with Gasteiger partial charge in [-0.05, 0) is 37.1 Å². The summed E-state index contributed by atoms with van der Waals surface area (Å²) in [6.07, 6.45) is 1.45. The van der Waals surface area contributed by atoms with E-state index in [1.54, 1.807) is 0 Å². The van der Waals surface area contributed by atoms with E-state index in [4.69, 9.17) is 5.73 Å². The minimum atomic E-state index is -0.447. The van der Waals surface area contributed by atoms with Crippen LogP contribution in [0.4, 0.5) is 5.69 Å². The number of nitrogens with one attached hydrogen (secondary N) is 3. The van der Waals surface area contributed by atoms with Crippen LogP contribution in [0.15, 0.2) is 58.6 Å². The molecular weight excluding hydrogens is 384 g/mol. The maximum atomic E-state index is 12.4. The molecule has 1 atom stereocenters. The van der Waals surface area contributed by atoms with Gasteiger partial charge in [0, 0.05) is 28.4 Å². The van der Waals surface area contributed by atoms with Gasteiger partial charge in [-0.1, -0.05) is 42.1 Å². The lowest BCUT2D eigenvalue weighted by atomic mass is 10.1. The van der Waals surface area contributed by atoms with Crippen LogP contribution in [0.25, 0.3) is 10.9 Å². The SMILES string of the molecule is Cc1ccc(C)c(NC(=O)CSC2=N[C@H](c3c[nH]c4ccccc34)N=C(N)N2)c1. The smallest absolute Gasteiger partial charge is 0.234 e. The van der Waals surface area contributed by atoms with Gasteiger partial charge in [0.1, 0.15) is 0 Å². The standard InChI is InChI=1S/C21H22N6OS/c1-12-7-8-13(2)17(9-12)24-18(28)11-29-21-26-19(25-20(22)27-21)15-10-23-16-6-4-3-5-14(15)16/h3-10,19,23H,11H2,1-2H3,(H,24,28)(H3,22,25,26,27)/t19-/m1/s1. The lowest BCUT2D eigenvalue weighted by Gasteiger charge is -2.18. The fraction of sp³-hybridized carbons (Fsp3) is 0.190. The number of carbonyl (C=O) groups is 1. The van der Waals surface area contributed by atoms with Gasteiger partial charge in [-0.2, -0.15) is 0 Å². The molecular formula is C21H22N6OS. The lowest BCUT2D eigenvalue weighted by molar-refractivity contribution is -0.113. The van der Waals surface area contributed by atoms with Crippen LogP contribution in [0.1, 0.15) is 22.9 Å². The summed E-state index contributed by atoms with van der Waals surface area (Å²) >= 11 is 1.30. The Morgan fingerprint density at radius 1 is 1.21 bits per heavy atom. The maximum absolute atomic E-state index is 12.4. The Labute approximate surface area is 172 Å². The van der Waals surface area contributed by atoms with Crippen molar-refractivity contribution in [1.82, 2.24) is 10.3 Å². The molecule has 0 aliphatic carbocycles. The fourth-order valence-electron chi connectivity index (χ4n) is 3.16. The van der Waals surface area contributed by atoms with Gasteiger partial charge in [-0.15, -0.1) is 0 Å². The van der Waals surface area contributed by atoms with Gasteiger partial charge in [0.2, 0.25) is 5.91 Å². The summed E-state index contributed by atoms with van der Waals surface area (Å²) in [5, 5.41) is 7.53. The number of para-hydroxylation sites is 1. The number of nitrogens with two attached hydrogens (primary N) is 1. The highest BCUT2D eigenvalue weighted by Crippen LogP contribution is 2.29. The monoisotopic (exact) mass is 406 g/mol. The molecule has 29 heavy (non-hydrogen) atoms. The van der Waals surface area contributed by atoms with Crippen molar-refractivity contribution in [1.29, 1.82) is 0 Å². The minimum Gasteiger partial charge on any atom is -0.370 e. The van der Waals surface area contributed by atoms with E-state index < -0.39 is 6.17 Å². The van der Waals surface area contributed by atoms with E-state index in [2.05, 4.69) is 25.6 Å². The number of aryl methyl sites for hydroxylation is 2. The Balaban J connectivity index is 1.46. The Bertz CT molecular complexity index is 1130. The summed E-state index contributed by atoms with van der Waals surface area (Å²) < 4.78 is 0. The fourth-order valence-corrected chi connectivity index (χ4v) is 3.85. The summed E-state index contributed by atoms with van der Waals surface area (Å²) in [5.41, 5.74) is 10.9. The van der Waals surface area contributed by atoms with Gasteiger partial charge in [0.15, 0.2) is 17.3 Å². The molecule has 0 saturated heterocycles. The van der Waals surface area contributed by atoms with E-state index in [1.807, 2.05) is 62.5 Å². The molecule has 0 bridgehead atoms. The summed E-state index contributed by atoms with van der Waals surface area (Å²) in [5.74, 6) is 0.401. The number of carbonyl (C=O) groups excluding carboxylic acids is 1. The first-order valence-electron chi connectivity index (χ1n) is 9.23. The van der Waals surface area contributed by atoms with Crippen LogP contribution >= 0.6 is 11.8 Å². The lowest BCUT2D eigenvalue weighted by Crippen LogP contribution is -2.39. The minimum absolute atomic E-state index is 0.0991. The molecule has 1 aliphatic heterocycles. The number of aliphatic imine (C=N–C) groups is 2. The second kappa shape index (κ2) is 8.00. The third-order valence-electron chi connectivity index (χ3n) is 4.64. The molecule has 3 aromatic rings. The molecule has 1 aromatic heterocycles. The second-order valence-electron chi connectivity index (χ2n) is 6.89. The number of anilines is 1. The number of aromatic nitrogens is 1. The van der Waals surface area contributed by atoms with Crippen LogP contribution in [-0.2, 0) is 4.79 Å². The highest BCUT2D eigenvalue weighted by atomic mass is 32.2. The first-order chi connectivity index (χ1) is 14.0. The molecule has 2 heterocycles. The van der Waals surface area contributed by atoms with Crippen molar-refractivity contribution in [3.63, 3.8) is 0 Å². The third-order valence-corrected chi connectivity index (χ3v) is 5.53. The van der Waals surface area contributed by atoms with Crippen LogP contribution in [0, 0.1) is 13.8 Å². The van der Waals surface area contributed by atoms with Crippen molar-refractivity contribution in [2.45, 2.75) is 20.0 Å². The number of H-pyrrole nitrogens is 1. The van der Waals surface area contributed by atoms with Gasteiger partial charge in [-0.25, -0.2) is 9.98 Å². The molecule has 1 aliphatic rings. The Kier molecular flexibility index (Phi) is 5.26.